The standard InChI is InChI=1S/C20H32N4O4S/c1-15(2)29(26,27)22-18-8-10-23(11-9-18)20(25)21-17-4-6-19(7-5-17)24-12-13-28-16(3)14-24/h4-7,15-16,18,22H,8-14H2,1-3H3,(H,21,25)/t16-/m1/s1. The van der Waals surface area contributed by atoms with Crippen LogP contribution in [0.3, 0.4) is 0 Å². The van der Waals surface area contributed by atoms with Gasteiger partial charge in [0.05, 0.1) is 18.0 Å². The van der Waals surface area contributed by atoms with Crippen molar-refractivity contribution in [3.05, 3.63) is 24.3 Å². The summed E-state index contributed by atoms with van der Waals surface area (Å²) >= 11 is 0. The van der Waals surface area contributed by atoms with Gasteiger partial charge in [-0.05, 0) is 57.9 Å². The van der Waals surface area contributed by atoms with Crippen LogP contribution < -0.4 is 14.9 Å². The highest BCUT2D eigenvalue weighted by Crippen LogP contribution is 2.21. The van der Waals surface area contributed by atoms with E-state index >= 15 is 0 Å². The van der Waals surface area contributed by atoms with Crippen LogP contribution in [0.4, 0.5) is 16.2 Å². The molecule has 2 amide bonds. The zero-order valence-corrected chi connectivity index (χ0v) is 18.2. The molecule has 29 heavy (non-hydrogen) atoms. The second kappa shape index (κ2) is 9.32. The first-order valence-corrected chi connectivity index (χ1v) is 11.8. The van der Waals surface area contributed by atoms with Crippen LogP contribution in [0.25, 0.3) is 0 Å². The molecule has 0 aromatic heterocycles. The fourth-order valence-corrected chi connectivity index (χ4v) is 4.55. The Hall–Kier alpha value is -1.84. The molecule has 0 saturated carbocycles. The Balaban J connectivity index is 1.48. The van der Waals surface area contributed by atoms with Crippen LogP contribution in [0.2, 0.25) is 0 Å². The predicted octanol–water partition coefficient (Wildman–Crippen LogP) is 2.24. The van der Waals surface area contributed by atoms with E-state index in [2.05, 4.69) is 21.9 Å². The number of amides is 2. The summed E-state index contributed by atoms with van der Waals surface area (Å²) in [6.07, 6.45) is 1.46. The van der Waals surface area contributed by atoms with E-state index in [4.69, 9.17) is 4.74 Å². The zero-order valence-electron chi connectivity index (χ0n) is 17.4. The smallest absolute Gasteiger partial charge is 0.321 e. The molecule has 0 aliphatic carbocycles. The average molecular weight is 425 g/mol. The minimum absolute atomic E-state index is 0.110. The second-order valence-electron chi connectivity index (χ2n) is 8.08. The molecular formula is C20H32N4O4S. The van der Waals surface area contributed by atoms with E-state index in [0.29, 0.717) is 25.9 Å². The van der Waals surface area contributed by atoms with Gasteiger partial charge in [-0.1, -0.05) is 0 Å². The number of carbonyl (C=O) groups excluding carboxylic acids is 1. The average Bonchev–Trinajstić information content (AvgIpc) is 2.68. The Bertz CT molecular complexity index is 789. The van der Waals surface area contributed by atoms with E-state index in [0.717, 1.165) is 31.1 Å². The molecule has 0 radical (unpaired) electrons. The fourth-order valence-electron chi connectivity index (χ4n) is 3.58. The van der Waals surface area contributed by atoms with Gasteiger partial charge >= 0.3 is 6.03 Å². The van der Waals surface area contributed by atoms with Gasteiger partial charge in [0, 0.05) is 43.6 Å². The number of likely N-dealkylation sites (tertiary alicyclic amines) is 1. The van der Waals surface area contributed by atoms with E-state index in [-0.39, 0.29) is 18.2 Å². The van der Waals surface area contributed by atoms with Gasteiger partial charge < -0.3 is 19.9 Å². The van der Waals surface area contributed by atoms with Gasteiger partial charge in [0.25, 0.3) is 0 Å². The van der Waals surface area contributed by atoms with Gasteiger partial charge in [-0.15, -0.1) is 0 Å². The number of morpholine rings is 1. The zero-order chi connectivity index (χ0) is 21.0. The number of rotatable bonds is 5. The van der Waals surface area contributed by atoms with E-state index in [9.17, 15) is 13.2 Å². The highest BCUT2D eigenvalue weighted by Gasteiger charge is 2.27. The predicted molar refractivity (Wildman–Crippen MR) is 115 cm³/mol. The lowest BCUT2D eigenvalue weighted by atomic mass is 10.1. The fraction of sp³-hybridized carbons (Fsp3) is 0.650. The highest BCUT2D eigenvalue weighted by molar-refractivity contribution is 7.90. The SMILES string of the molecule is CC(C)S(=O)(=O)NC1CCN(C(=O)Nc2ccc(N3CCO[C@H](C)C3)cc2)CC1. The monoisotopic (exact) mass is 424 g/mol. The van der Waals surface area contributed by atoms with Crippen molar-refractivity contribution in [2.75, 3.05) is 43.0 Å². The van der Waals surface area contributed by atoms with Crippen molar-refractivity contribution in [1.82, 2.24) is 9.62 Å². The Morgan fingerprint density at radius 2 is 1.79 bits per heavy atom. The molecule has 3 rings (SSSR count). The molecule has 2 aliphatic heterocycles. The Kier molecular flexibility index (Phi) is 7.02. The van der Waals surface area contributed by atoms with Crippen molar-refractivity contribution in [3.63, 3.8) is 0 Å². The van der Waals surface area contributed by atoms with Crippen molar-refractivity contribution in [2.24, 2.45) is 0 Å². The van der Waals surface area contributed by atoms with E-state index in [1.165, 1.54) is 0 Å². The molecule has 2 N–H and O–H groups in total. The minimum atomic E-state index is -3.28. The number of piperidine rings is 1. The van der Waals surface area contributed by atoms with Gasteiger partial charge in [0.1, 0.15) is 0 Å². The lowest BCUT2D eigenvalue weighted by Gasteiger charge is -2.33. The molecule has 1 aromatic carbocycles. The molecule has 1 aromatic rings. The van der Waals surface area contributed by atoms with Crippen LogP contribution >= 0.6 is 0 Å². The van der Waals surface area contributed by atoms with Crippen LogP contribution in [-0.2, 0) is 14.8 Å². The topological polar surface area (TPSA) is 91.0 Å². The first-order valence-electron chi connectivity index (χ1n) is 10.3. The largest absolute Gasteiger partial charge is 0.375 e. The first-order chi connectivity index (χ1) is 13.7. The van der Waals surface area contributed by atoms with E-state index in [1.54, 1.807) is 18.7 Å². The maximum atomic E-state index is 12.5. The van der Waals surface area contributed by atoms with E-state index in [1.807, 2.05) is 24.3 Å². The molecule has 0 unspecified atom stereocenters. The highest BCUT2D eigenvalue weighted by atomic mass is 32.2. The Morgan fingerprint density at radius 3 is 2.38 bits per heavy atom. The van der Waals surface area contributed by atoms with Gasteiger partial charge in [-0.25, -0.2) is 17.9 Å². The Morgan fingerprint density at radius 1 is 1.14 bits per heavy atom. The Labute approximate surface area is 173 Å². The molecule has 2 heterocycles. The van der Waals surface area contributed by atoms with Gasteiger partial charge in [0.2, 0.25) is 10.0 Å². The third kappa shape index (κ3) is 5.83. The maximum Gasteiger partial charge on any atom is 0.321 e. The first kappa shape index (κ1) is 21.9. The number of anilines is 2. The number of benzene rings is 1. The van der Waals surface area contributed by atoms with Crippen LogP contribution in [-0.4, -0.2) is 69.5 Å². The molecule has 162 valence electrons. The number of nitrogens with one attached hydrogen (secondary N) is 2. The molecule has 0 bridgehead atoms. The van der Waals surface area contributed by atoms with Crippen molar-refractivity contribution in [1.29, 1.82) is 0 Å². The number of ether oxygens (including phenoxy) is 1. The summed E-state index contributed by atoms with van der Waals surface area (Å²) in [5.41, 5.74) is 1.87. The summed E-state index contributed by atoms with van der Waals surface area (Å²) in [7, 11) is -3.28. The summed E-state index contributed by atoms with van der Waals surface area (Å²) in [5.74, 6) is 0. The summed E-state index contributed by atoms with van der Waals surface area (Å²) in [6.45, 7) is 8.90. The number of hydrogen-bond donors (Lipinski definition) is 2. The number of hydrogen-bond acceptors (Lipinski definition) is 5. The molecule has 9 heteroatoms. The van der Waals surface area contributed by atoms with Crippen molar-refractivity contribution < 1.29 is 17.9 Å². The molecule has 2 saturated heterocycles. The van der Waals surface area contributed by atoms with Gasteiger partial charge in [-0.2, -0.15) is 0 Å². The van der Waals surface area contributed by atoms with Crippen LogP contribution in [0, 0.1) is 0 Å². The third-order valence-corrected chi connectivity index (χ3v) is 7.36. The van der Waals surface area contributed by atoms with Crippen LogP contribution in [0.15, 0.2) is 24.3 Å². The number of urea groups is 1. The summed E-state index contributed by atoms with van der Waals surface area (Å²) < 4.78 is 32.3. The molecule has 0 spiro atoms. The lowest BCUT2D eigenvalue weighted by molar-refractivity contribution is 0.0532. The normalized spacial score (nSPS) is 21.4. The number of nitrogens with zero attached hydrogens (tertiary/aromatic N) is 2. The lowest BCUT2D eigenvalue weighted by Crippen LogP contribution is -2.48. The van der Waals surface area contributed by atoms with Gasteiger partial charge in [-0.3, -0.25) is 0 Å². The van der Waals surface area contributed by atoms with Crippen LogP contribution in [0.5, 0.6) is 0 Å². The summed E-state index contributed by atoms with van der Waals surface area (Å²) in [5, 5.41) is 2.49. The van der Waals surface area contributed by atoms with Gasteiger partial charge in [0.15, 0.2) is 0 Å². The summed E-state index contributed by atoms with van der Waals surface area (Å²) in [4.78, 5) is 16.6. The molecule has 2 aliphatic rings. The van der Waals surface area contributed by atoms with Crippen molar-refractivity contribution in [3.8, 4) is 0 Å². The van der Waals surface area contributed by atoms with Crippen molar-refractivity contribution >= 4 is 27.4 Å². The quantitative estimate of drug-likeness (QED) is 0.756. The molecular weight excluding hydrogens is 392 g/mol. The maximum absolute atomic E-state index is 12.5. The third-order valence-electron chi connectivity index (χ3n) is 5.46. The van der Waals surface area contributed by atoms with Crippen molar-refractivity contribution in [2.45, 2.75) is 51.0 Å². The minimum Gasteiger partial charge on any atom is -0.375 e. The molecule has 8 nitrogen and oxygen atoms in total. The number of carbonyl (C=O) groups is 1. The molecule has 2 fully saturated rings. The number of sulfonamides is 1. The summed E-state index contributed by atoms with van der Waals surface area (Å²) in [6, 6.07) is 7.60. The molecule has 1 atom stereocenters. The van der Waals surface area contributed by atoms with E-state index < -0.39 is 15.3 Å². The van der Waals surface area contributed by atoms with Crippen LogP contribution in [0.1, 0.15) is 33.6 Å². The second-order valence-corrected chi connectivity index (χ2v) is 10.3.